The van der Waals surface area contributed by atoms with Crippen LogP contribution in [0.4, 0.5) is 5.69 Å². The zero-order chi connectivity index (χ0) is 15.5. The highest BCUT2D eigenvalue weighted by molar-refractivity contribution is 7.89. The number of aromatic carboxylic acids is 1. The van der Waals surface area contributed by atoms with E-state index in [1.165, 1.54) is 13.1 Å². The molecule has 0 heterocycles. The van der Waals surface area contributed by atoms with Gasteiger partial charge in [-0.2, -0.15) is 9.57 Å². The molecule has 0 saturated heterocycles. The molecule has 108 valence electrons. The Bertz CT molecular complexity index is 664. The number of carbonyl (C=O) groups is 1. The third-order valence-corrected chi connectivity index (χ3v) is 4.97. The van der Waals surface area contributed by atoms with E-state index in [-0.39, 0.29) is 22.6 Å². The van der Waals surface area contributed by atoms with E-state index >= 15 is 0 Å². The van der Waals surface area contributed by atoms with Crippen molar-refractivity contribution < 1.29 is 18.3 Å². The summed E-state index contributed by atoms with van der Waals surface area (Å²) >= 11 is 0. The lowest BCUT2D eigenvalue weighted by Gasteiger charge is -2.23. The molecule has 0 saturated carbocycles. The monoisotopic (exact) mass is 297 g/mol. The second-order valence-corrected chi connectivity index (χ2v) is 6.26. The van der Waals surface area contributed by atoms with Crippen LogP contribution in [0.15, 0.2) is 23.1 Å². The van der Waals surface area contributed by atoms with Crippen LogP contribution in [-0.4, -0.2) is 36.9 Å². The fraction of sp³-hybridized carbons (Fsp3) is 0.333. The van der Waals surface area contributed by atoms with Crippen LogP contribution in [0.3, 0.4) is 0 Å². The molecule has 0 aliphatic heterocycles. The van der Waals surface area contributed by atoms with Crippen LogP contribution in [0.25, 0.3) is 0 Å². The minimum atomic E-state index is -3.87. The van der Waals surface area contributed by atoms with Gasteiger partial charge in [-0.05, 0) is 25.1 Å². The normalized spacial score (nSPS) is 12.9. The Morgan fingerprint density at radius 2 is 2.15 bits per heavy atom. The van der Waals surface area contributed by atoms with Crippen LogP contribution in [0.1, 0.15) is 23.7 Å². The Hall–Kier alpha value is -2.11. The zero-order valence-electron chi connectivity index (χ0n) is 11.1. The molecule has 0 amide bonds. The van der Waals surface area contributed by atoms with Gasteiger partial charge in [0.2, 0.25) is 10.0 Å². The van der Waals surface area contributed by atoms with E-state index in [9.17, 15) is 13.2 Å². The van der Waals surface area contributed by atoms with Crippen molar-refractivity contribution in [3.8, 4) is 6.07 Å². The first-order chi connectivity index (χ1) is 9.21. The number of hydrogen-bond acceptors (Lipinski definition) is 5. The number of nitrogens with zero attached hydrogens (tertiary/aromatic N) is 2. The number of nitrogens with two attached hydrogens (primary N) is 1. The summed E-state index contributed by atoms with van der Waals surface area (Å²) in [5, 5.41) is 17.4. The quantitative estimate of drug-likeness (QED) is 0.777. The van der Waals surface area contributed by atoms with Crippen LogP contribution in [0.2, 0.25) is 0 Å². The van der Waals surface area contributed by atoms with E-state index in [2.05, 4.69) is 0 Å². The standard InChI is InChI=1S/C12H15N3O4S/c1-8(5-6-13)15(2)20(18,19)11-4-3-9(12(16)17)7-10(11)14/h3-4,7-8H,5,14H2,1-2H3,(H,16,17). The van der Waals surface area contributed by atoms with Crippen molar-refractivity contribution >= 4 is 21.7 Å². The number of rotatable bonds is 5. The molecule has 0 aromatic heterocycles. The number of anilines is 1. The number of sulfonamides is 1. The van der Waals surface area contributed by atoms with Crippen molar-refractivity contribution in [1.29, 1.82) is 5.26 Å². The number of nitrogen functional groups attached to an aromatic ring is 1. The highest BCUT2D eigenvalue weighted by atomic mass is 32.2. The van der Waals surface area contributed by atoms with Crippen molar-refractivity contribution in [1.82, 2.24) is 4.31 Å². The summed E-state index contributed by atoms with van der Waals surface area (Å²) in [6.07, 6.45) is 0.0445. The summed E-state index contributed by atoms with van der Waals surface area (Å²) in [5.74, 6) is -1.19. The summed E-state index contributed by atoms with van der Waals surface area (Å²) in [6, 6.07) is 4.81. The Balaban J connectivity index is 3.23. The largest absolute Gasteiger partial charge is 0.478 e. The molecular formula is C12H15N3O4S. The van der Waals surface area contributed by atoms with Gasteiger partial charge in [0.15, 0.2) is 0 Å². The molecule has 0 bridgehead atoms. The summed E-state index contributed by atoms with van der Waals surface area (Å²) in [5.41, 5.74) is 5.40. The lowest BCUT2D eigenvalue weighted by atomic mass is 10.2. The van der Waals surface area contributed by atoms with Crippen molar-refractivity contribution in [3.05, 3.63) is 23.8 Å². The molecule has 0 fully saturated rings. The van der Waals surface area contributed by atoms with Crippen molar-refractivity contribution in [2.24, 2.45) is 0 Å². The van der Waals surface area contributed by atoms with E-state index in [0.717, 1.165) is 16.4 Å². The highest BCUT2D eigenvalue weighted by Crippen LogP contribution is 2.24. The molecule has 0 spiro atoms. The minimum absolute atomic E-state index is 0.0445. The van der Waals surface area contributed by atoms with Gasteiger partial charge >= 0.3 is 5.97 Å². The van der Waals surface area contributed by atoms with Crippen molar-refractivity contribution in [3.63, 3.8) is 0 Å². The third-order valence-electron chi connectivity index (χ3n) is 2.92. The summed E-state index contributed by atoms with van der Waals surface area (Å²) < 4.78 is 25.7. The fourth-order valence-corrected chi connectivity index (χ4v) is 3.02. The molecule has 20 heavy (non-hydrogen) atoms. The second kappa shape index (κ2) is 5.90. The van der Waals surface area contributed by atoms with Gasteiger partial charge in [-0.25, -0.2) is 13.2 Å². The van der Waals surface area contributed by atoms with Crippen LogP contribution < -0.4 is 5.73 Å². The maximum atomic E-state index is 12.3. The zero-order valence-corrected chi connectivity index (χ0v) is 11.9. The lowest BCUT2D eigenvalue weighted by Crippen LogP contribution is -2.35. The molecule has 7 nitrogen and oxygen atoms in total. The van der Waals surface area contributed by atoms with E-state index in [0.29, 0.717) is 0 Å². The lowest BCUT2D eigenvalue weighted by molar-refractivity contribution is 0.0697. The molecule has 1 aromatic carbocycles. The van der Waals surface area contributed by atoms with Gasteiger partial charge in [-0.15, -0.1) is 0 Å². The second-order valence-electron chi connectivity index (χ2n) is 4.29. The molecule has 1 rings (SSSR count). The molecule has 0 radical (unpaired) electrons. The van der Waals surface area contributed by atoms with Gasteiger partial charge in [0.25, 0.3) is 0 Å². The van der Waals surface area contributed by atoms with Gasteiger partial charge in [-0.3, -0.25) is 0 Å². The molecule has 8 heteroatoms. The van der Waals surface area contributed by atoms with E-state index in [4.69, 9.17) is 16.1 Å². The van der Waals surface area contributed by atoms with Gasteiger partial charge in [0.1, 0.15) is 4.90 Å². The van der Waals surface area contributed by atoms with Crippen LogP contribution in [0.5, 0.6) is 0 Å². The van der Waals surface area contributed by atoms with Gasteiger partial charge < -0.3 is 10.8 Å². The van der Waals surface area contributed by atoms with Crippen molar-refractivity contribution in [2.45, 2.75) is 24.3 Å². The molecule has 1 unspecified atom stereocenters. The summed E-state index contributed by atoms with van der Waals surface area (Å²) in [4.78, 5) is 10.6. The maximum absolute atomic E-state index is 12.3. The number of hydrogen-bond donors (Lipinski definition) is 2. The highest BCUT2D eigenvalue weighted by Gasteiger charge is 2.27. The van der Waals surface area contributed by atoms with Gasteiger partial charge in [-0.1, -0.05) is 0 Å². The van der Waals surface area contributed by atoms with Crippen LogP contribution in [-0.2, 0) is 10.0 Å². The topological polar surface area (TPSA) is 124 Å². The maximum Gasteiger partial charge on any atom is 0.335 e. The SMILES string of the molecule is CC(CC#N)N(C)S(=O)(=O)c1ccc(C(=O)O)cc1N. The van der Waals surface area contributed by atoms with E-state index in [1.807, 2.05) is 6.07 Å². The first-order valence-electron chi connectivity index (χ1n) is 5.69. The Labute approximate surface area is 117 Å². The predicted molar refractivity (Wildman–Crippen MR) is 72.5 cm³/mol. The average molecular weight is 297 g/mol. The molecular weight excluding hydrogens is 282 g/mol. The van der Waals surface area contributed by atoms with Crippen molar-refractivity contribution in [2.75, 3.05) is 12.8 Å². The van der Waals surface area contributed by atoms with E-state index in [1.54, 1.807) is 6.92 Å². The van der Waals surface area contributed by atoms with Gasteiger partial charge in [0.05, 0.1) is 23.7 Å². The predicted octanol–water partition coefficient (Wildman–Crippen LogP) is 0.890. The first-order valence-corrected chi connectivity index (χ1v) is 7.13. The Kier molecular flexibility index (Phi) is 4.70. The molecule has 0 aliphatic carbocycles. The number of carboxylic acids is 1. The first kappa shape index (κ1) is 15.9. The molecule has 0 aliphatic rings. The Morgan fingerprint density at radius 3 is 2.60 bits per heavy atom. The Morgan fingerprint density at radius 1 is 1.55 bits per heavy atom. The van der Waals surface area contributed by atoms with E-state index < -0.39 is 22.0 Å². The van der Waals surface area contributed by atoms with Crippen LogP contribution in [0, 0.1) is 11.3 Å². The summed E-state index contributed by atoms with van der Waals surface area (Å²) in [6.45, 7) is 1.60. The average Bonchev–Trinajstić information content (AvgIpc) is 2.37. The molecule has 3 N–H and O–H groups in total. The van der Waals surface area contributed by atoms with Crippen LogP contribution >= 0.6 is 0 Å². The number of nitriles is 1. The fourth-order valence-electron chi connectivity index (χ4n) is 1.57. The minimum Gasteiger partial charge on any atom is -0.478 e. The molecule has 1 aromatic rings. The third kappa shape index (κ3) is 3.07. The summed E-state index contributed by atoms with van der Waals surface area (Å²) in [7, 11) is -2.52. The smallest absolute Gasteiger partial charge is 0.335 e. The van der Waals surface area contributed by atoms with Gasteiger partial charge in [0, 0.05) is 13.1 Å². The number of benzene rings is 1. The number of carboxylic acid groups (broad SMARTS) is 1. The molecule has 1 atom stereocenters.